The molecule has 1 atom stereocenters. The summed E-state index contributed by atoms with van der Waals surface area (Å²) in [7, 11) is 0. The second-order valence-electron chi connectivity index (χ2n) is 8.83. The molecule has 8 nitrogen and oxygen atoms in total. The van der Waals surface area contributed by atoms with Crippen LogP contribution in [0, 0.1) is 12.8 Å². The molecule has 2 aliphatic heterocycles. The average Bonchev–Trinajstić information content (AvgIpc) is 3.50. The first-order chi connectivity index (χ1) is 16.1. The first-order valence-corrected chi connectivity index (χ1v) is 11.5. The summed E-state index contributed by atoms with van der Waals surface area (Å²) in [6.07, 6.45) is 2.29. The number of hydrogen-bond acceptors (Lipinski definition) is 7. The second-order valence-corrected chi connectivity index (χ2v) is 8.83. The number of benzene rings is 1. The van der Waals surface area contributed by atoms with E-state index in [0.29, 0.717) is 37.0 Å². The molecule has 1 N–H and O–H groups in total. The Balaban J connectivity index is 1.27. The molecule has 8 heteroatoms. The van der Waals surface area contributed by atoms with Gasteiger partial charge in [-0.15, -0.1) is 0 Å². The molecule has 0 unspecified atom stereocenters. The smallest absolute Gasteiger partial charge is 0.273 e. The Bertz CT molecular complexity index is 1110. The number of nitrogens with zero attached hydrogens (tertiary/aromatic N) is 2. The van der Waals surface area contributed by atoms with Crippen LogP contribution in [0.3, 0.4) is 0 Å². The summed E-state index contributed by atoms with van der Waals surface area (Å²) >= 11 is 0. The van der Waals surface area contributed by atoms with Gasteiger partial charge in [0.05, 0.1) is 6.04 Å². The van der Waals surface area contributed by atoms with Crippen molar-refractivity contribution in [3.05, 3.63) is 53.6 Å². The van der Waals surface area contributed by atoms with Crippen LogP contribution < -0.4 is 14.8 Å². The summed E-state index contributed by atoms with van der Waals surface area (Å²) in [5, 5.41) is 7.01. The Hall–Kier alpha value is -3.26. The standard InChI is InChI=1S/C25H29N3O5/c1-16-7-9-28(10-8-16)20(21-5-3-17(2)32-21)15-26-25(29)19-14-23(33-27-19)18-4-6-22-24(13-18)31-12-11-30-22/h3-6,13-14,16,20H,7-12,15H2,1-2H3,(H,26,29)/t20-/m1/s1. The minimum absolute atomic E-state index is 0.0145. The molecule has 0 aliphatic carbocycles. The van der Waals surface area contributed by atoms with E-state index in [1.165, 1.54) is 0 Å². The molecule has 1 amide bonds. The zero-order valence-electron chi connectivity index (χ0n) is 19.0. The van der Waals surface area contributed by atoms with E-state index in [2.05, 4.69) is 22.3 Å². The van der Waals surface area contributed by atoms with Gasteiger partial charge in [0.1, 0.15) is 24.7 Å². The van der Waals surface area contributed by atoms with E-state index in [4.69, 9.17) is 18.4 Å². The third-order valence-electron chi connectivity index (χ3n) is 6.37. The maximum atomic E-state index is 12.9. The minimum atomic E-state index is -0.277. The van der Waals surface area contributed by atoms with Gasteiger partial charge < -0.3 is 23.7 Å². The SMILES string of the molecule is Cc1ccc([C@@H](CNC(=O)c2cc(-c3ccc4c(c3)OCCO4)on2)N2CCC(C)CC2)o1. The summed E-state index contributed by atoms with van der Waals surface area (Å²) in [6, 6.07) is 11.1. The van der Waals surface area contributed by atoms with Crippen molar-refractivity contribution >= 4 is 5.91 Å². The van der Waals surface area contributed by atoms with Crippen LogP contribution in [-0.4, -0.2) is 48.8 Å². The van der Waals surface area contributed by atoms with Crippen molar-refractivity contribution in [2.75, 3.05) is 32.8 Å². The van der Waals surface area contributed by atoms with Gasteiger partial charge >= 0.3 is 0 Å². The maximum Gasteiger partial charge on any atom is 0.273 e. The van der Waals surface area contributed by atoms with Crippen molar-refractivity contribution in [1.82, 2.24) is 15.4 Å². The number of carbonyl (C=O) groups is 1. The molecule has 0 spiro atoms. The van der Waals surface area contributed by atoms with Crippen LogP contribution in [0.25, 0.3) is 11.3 Å². The fraction of sp³-hybridized carbons (Fsp3) is 0.440. The number of carbonyl (C=O) groups excluding carboxylic acids is 1. The lowest BCUT2D eigenvalue weighted by atomic mass is 9.97. The highest BCUT2D eigenvalue weighted by Gasteiger charge is 2.28. The summed E-state index contributed by atoms with van der Waals surface area (Å²) in [4.78, 5) is 15.3. The van der Waals surface area contributed by atoms with Crippen LogP contribution in [-0.2, 0) is 0 Å². The van der Waals surface area contributed by atoms with Crippen molar-refractivity contribution < 1.29 is 23.2 Å². The Labute approximate surface area is 192 Å². The van der Waals surface area contributed by atoms with E-state index >= 15 is 0 Å². The van der Waals surface area contributed by atoms with Crippen LogP contribution in [0.4, 0.5) is 0 Å². The molecule has 5 rings (SSSR count). The fourth-order valence-electron chi connectivity index (χ4n) is 4.38. The van der Waals surface area contributed by atoms with E-state index in [0.717, 1.165) is 48.9 Å². The lowest BCUT2D eigenvalue weighted by Crippen LogP contribution is -2.41. The highest BCUT2D eigenvalue weighted by molar-refractivity contribution is 5.93. The number of nitrogens with one attached hydrogen (secondary N) is 1. The third kappa shape index (κ3) is 4.75. The lowest BCUT2D eigenvalue weighted by Gasteiger charge is -2.35. The van der Waals surface area contributed by atoms with Crippen molar-refractivity contribution in [2.24, 2.45) is 5.92 Å². The molecule has 174 valence electrons. The molecule has 0 saturated carbocycles. The molecule has 1 aromatic carbocycles. The van der Waals surface area contributed by atoms with Gasteiger partial charge in [-0.1, -0.05) is 12.1 Å². The summed E-state index contributed by atoms with van der Waals surface area (Å²) < 4.78 is 22.6. The number of piperidine rings is 1. The molecule has 3 aromatic rings. The highest BCUT2D eigenvalue weighted by Crippen LogP contribution is 2.34. The Kier molecular flexibility index (Phi) is 6.09. The number of rotatable bonds is 6. The third-order valence-corrected chi connectivity index (χ3v) is 6.37. The first kappa shape index (κ1) is 21.6. The Morgan fingerprint density at radius 3 is 2.67 bits per heavy atom. The predicted molar refractivity (Wildman–Crippen MR) is 121 cm³/mol. The van der Waals surface area contributed by atoms with Gasteiger partial charge in [-0.25, -0.2) is 0 Å². The average molecular weight is 452 g/mol. The molecule has 4 heterocycles. The number of aromatic nitrogens is 1. The normalized spacial score (nSPS) is 17.6. The van der Waals surface area contributed by atoms with Gasteiger partial charge in [-0.3, -0.25) is 9.69 Å². The number of hydrogen-bond donors (Lipinski definition) is 1. The van der Waals surface area contributed by atoms with E-state index in [-0.39, 0.29) is 17.6 Å². The largest absolute Gasteiger partial charge is 0.486 e. The number of aryl methyl sites for hydroxylation is 1. The van der Waals surface area contributed by atoms with Crippen LogP contribution in [0.1, 0.15) is 47.8 Å². The summed E-state index contributed by atoms with van der Waals surface area (Å²) in [5.74, 6) is 4.06. The van der Waals surface area contributed by atoms with Crippen LogP contribution >= 0.6 is 0 Å². The van der Waals surface area contributed by atoms with Crippen molar-refractivity contribution in [3.63, 3.8) is 0 Å². The number of amides is 1. The number of ether oxygens (including phenoxy) is 2. The lowest BCUT2D eigenvalue weighted by molar-refractivity contribution is 0.0887. The monoisotopic (exact) mass is 451 g/mol. The molecule has 33 heavy (non-hydrogen) atoms. The zero-order valence-corrected chi connectivity index (χ0v) is 19.0. The second kappa shape index (κ2) is 9.31. The van der Waals surface area contributed by atoms with Crippen molar-refractivity contribution in [2.45, 2.75) is 32.7 Å². The molecule has 2 aromatic heterocycles. The van der Waals surface area contributed by atoms with Gasteiger partial charge in [-0.2, -0.15) is 0 Å². The fourth-order valence-corrected chi connectivity index (χ4v) is 4.38. The highest BCUT2D eigenvalue weighted by atomic mass is 16.6. The molecule has 0 bridgehead atoms. The molecular formula is C25H29N3O5. The zero-order chi connectivity index (χ0) is 22.8. The van der Waals surface area contributed by atoms with Gasteiger partial charge in [0.2, 0.25) is 0 Å². The topological polar surface area (TPSA) is 90.0 Å². The molecule has 1 fully saturated rings. The summed E-state index contributed by atoms with van der Waals surface area (Å²) in [6.45, 7) is 7.67. The minimum Gasteiger partial charge on any atom is -0.486 e. The molecule has 0 radical (unpaired) electrons. The summed E-state index contributed by atoms with van der Waals surface area (Å²) in [5.41, 5.74) is 1.01. The molecule has 1 saturated heterocycles. The predicted octanol–water partition coefficient (Wildman–Crippen LogP) is 4.22. The molecular weight excluding hydrogens is 422 g/mol. The Morgan fingerprint density at radius 2 is 1.91 bits per heavy atom. The number of furan rings is 1. The van der Waals surface area contributed by atoms with E-state index in [1.54, 1.807) is 6.07 Å². The Morgan fingerprint density at radius 1 is 1.12 bits per heavy atom. The first-order valence-electron chi connectivity index (χ1n) is 11.5. The number of fused-ring (bicyclic) bond motifs is 1. The van der Waals surface area contributed by atoms with Crippen LogP contribution in [0.5, 0.6) is 11.5 Å². The quantitative estimate of drug-likeness (QED) is 0.600. The van der Waals surface area contributed by atoms with E-state index in [9.17, 15) is 4.79 Å². The van der Waals surface area contributed by atoms with Crippen molar-refractivity contribution in [1.29, 1.82) is 0 Å². The van der Waals surface area contributed by atoms with Gasteiger partial charge in [0.15, 0.2) is 23.0 Å². The van der Waals surface area contributed by atoms with Crippen molar-refractivity contribution in [3.8, 4) is 22.8 Å². The van der Waals surface area contributed by atoms with E-state index < -0.39 is 0 Å². The van der Waals surface area contributed by atoms with Crippen LogP contribution in [0.15, 0.2) is 45.3 Å². The van der Waals surface area contributed by atoms with E-state index in [1.807, 2.05) is 37.3 Å². The van der Waals surface area contributed by atoms with Crippen LogP contribution in [0.2, 0.25) is 0 Å². The van der Waals surface area contributed by atoms with Gasteiger partial charge in [-0.05, 0) is 69.1 Å². The van der Waals surface area contributed by atoms with Gasteiger partial charge in [0.25, 0.3) is 5.91 Å². The van der Waals surface area contributed by atoms with Gasteiger partial charge in [0, 0.05) is 18.2 Å². The molecule has 2 aliphatic rings. The number of likely N-dealkylation sites (tertiary alicyclic amines) is 1. The maximum absolute atomic E-state index is 12.9.